The molecule has 26 heavy (non-hydrogen) atoms. The summed E-state index contributed by atoms with van der Waals surface area (Å²) in [6, 6.07) is 11.7. The minimum atomic E-state index is -0.158. The molecule has 0 fully saturated rings. The monoisotopic (exact) mass is 346 g/mol. The molecule has 2 aromatic heterocycles. The molecule has 1 amide bonds. The highest BCUT2D eigenvalue weighted by atomic mass is 16.1. The first-order valence-corrected chi connectivity index (χ1v) is 8.65. The van der Waals surface area contributed by atoms with Gasteiger partial charge < -0.3 is 10.6 Å². The molecule has 0 unspecified atom stereocenters. The number of pyridine rings is 2. The van der Waals surface area contributed by atoms with E-state index in [1.165, 1.54) is 0 Å². The maximum Gasteiger partial charge on any atom is 0.257 e. The van der Waals surface area contributed by atoms with E-state index in [9.17, 15) is 4.79 Å². The molecule has 1 aromatic carbocycles. The van der Waals surface area contributed by atoms with Crippen LogP contribution in [0.25, 0.3) is 0 Å². The Morgan fingerprint density at radius 3 is 2.65 bits per heavy atom. The summed E-state index contributed by atoms with van der Waals surface area (Å²) >= 11 is 0. The van der Waals surface area contributed by atoms with Crippen molar-refractivity contribution in [2.45, 2.75) is 26.8 Å². The van der Waals surface area contributed by atoms with Crippen LogP contribution in [-0.2, 0) is 13.0 Å². The normalized spacial score (nSPS) is 10.4. The molecular weight excluding hydrogens is 324 g/mol. The van der Waals surface area contributed by atoms with Gasteiger partial charge in [0, 0.05) is 37.0 Å². The molecule has 0 spiro atoms. The van der Waals surface area contributed by atoms with Crippen LogP contribution in [0.5, 0.6) is 0 Å². The van der Waals surface area contributed by atoms with Gasteiger partial charge in [0.05, 0.1) is 11.3 Å². The largest absolute Gasteiger partial charge is 0.380 e. The van der Waals surface area contributed by atoms with Gasteiger partial charge in [-0.2, -0.15) is 0 Å². The third-order valence-corrected chi connectivity index (χ3v) is 4.22. The highest BCUT2D eigenvalue weighted by Crippen LogP contribution is 2.22. The summed E-state index contributed by atoms with van der Waals surface area (Å²) < 4.78 is 0. The van der Waals surface area contributed by atoms with Gasteiger partial charge in [0.2, 0.25) is 0 Å². The lowest BCUT2D eigenvalue weighted by Gasteiger charge is -2.13. The van der Waals surface area contributed by atoms with Gasteiger partial charge in [-0.05, 0) is 48.2 Å². The van der Waals surface area contributed by atoms with Crippen molar-refractivity contribution >= 4 is 17.3 Å². The van der Waals surface area contributed by atoms with Crippen molar-refractivity contribution in [3.8, 4) is 0 Å². The second-order valence-corrected chi connectivity index (χ2v) is 6.09. The number of anilines is 2. The van der Waals surface area contributed by atoms with Gasteiger partial charge in [-0.15, -0.1) is 0 Å². The minimum absolute atomic E-state index is 0.158. The number of rotatable bonds is 6. The fourth-order valence-electron chi connectivity index (χ4n) is 2.75. The molecule has 132 valence electrons. The van der Waals surface area contributed by atoms with Crippen LogP contribution in [0, 0.1) is 6.92 Å². The van der Waals surface area contributed by atoms with Gasteiger partial charge in [0.25, 0.3) is 5.91 Å². The van der Waals surface area contributed by atoms with Crippen LogP contribution >= 0.6 is 0 Å². The lowest BCUT2D eigenvalue weighted by atomic mass is 10.1. The quantitative estimate of drug-likeness (QED) is 0.701. The summed E-state index contributed by atoms with van der Waals surface area (Å²) in [5, 5.41) is 6.32. The minimum Gasteiger partial charge on any atom is -0.380 e. The summed E-state index contributed by atoms with van der Waals surface area (Å²) in [5.41, 5.74) is 5.50. The molecule has 5 nitrogen and oxygen atoms in total. The molecule has 5 heteroatoms. The fraction of sp³-hybridized carbons (Fsp3) is 0.190. The van der Waals surface area contributed by atoms with Crippen LogP contribution in [0.1, 0.15) is 34.0 Å². The summed E-state index contributed by atoms with van der Waals surface area (Å²) in [7, 11) is 0. The Kier molecular flexibility index (Phi) is 5.59. The topological polar surface area (TPSA) is 66.9 Å². The lowest BCUT2D eigenvalue weighted by molar-refractivity contribution is 0.102. The van der Waals surface area contributed by atoms with Crippen molar-refractivity contribution in [2.24, 2.45) is 0 Å². The Morgan fingerprint density at radius 1 is 1.08 bits per heavy atom. The molecule has 2 N–H and O–H groups in total. The average molecular weight is 346 g/mol. The molecule has 0 saturated heterocycles. The summed E-state index contributed by atoms with van der Waals surface area (Å²) in [5.74, 6) is -0.158. The van der Waals surface area contributed by atoms with E-state index in [0.717, 1.165) is 34.5 Å². The smallest absolute Gasteiger partial charge is 0.257 e. The third-order valence-electron chi connectivity index (χ3n) is 4.22. The first-order valence-electron chi connectivity index (χ1n) is 8.65. The molecule has 0 radical (unpaired) electrons. The number of nitrogens with zero attached hydrogens (tertiary/aromatic N) is 2. The second kappa shape index (κ2) is 8.25. The van der Waals surface area contributed by atoms with Crippen molar-refractivity contribution in [1.82, 2.24) is 9.97 Å². The van der Waals surface area contributed by atoms with Gasteiger partial charge in [0.1, 0.15) is 0 Å². The predicted octanol–water partition coefficient (Wildman–Crippen LogP) is 4.21. The van der Waals surface area contributed by atoms with E-state index in [4.69, 9.17) is 0 Å². The number of nitrogens with one attached hydrogen (secondary N) is 2. The van der Waals surface area contributed by atoms with Crippen molar-refractivity contribution in [2.75, 3.05) is 10.6 Å². The number of carbonyl (C=O) groups excluding carboxylic acids is 1. The maximum atomic E-state index is 12.7. The Bertz CT molecular complexity index is 894. The molecular formula is C21H22N4O. The maximum absolute atomic E-state index is 12.7. The molecule has 0 saturated carbocycles. The number of para-hydroxylation sites is 1. The van der Waals surface area contributed by atoms with E-state index < -0.39 is 0 Å². The number of hydrogen-bond acceptors (Lipinski definition) is 4. The number of aromatic nitrogens is 2. The van der Waals surface area contributed by atoms with Crippen LogP contribution < -0.4 is 10.6 Å². The number of benzene rings is 1. The van der Waals surface area contributed by atoms with Gasteiger partial charge in [0.15, 0.2) is 0 Å². The summed E-state index contributed by atoms with van der Waals surface area (Å²) in [6.07, 6.45) is 7.67. The van der Waals surface area contributed by atoms with E-state index >= 15 is 0 Å². The molecule has 0 atom stereocenters. The molecule has 0 aliphatic heterocycles. The number of carbonyl (C=O) groups is 1. The number of aryl methyl sites for hydroxylation is 2. The van der Waals surface area contributed by atoms with Crippen molar-refractivity contribution in [3.05, 3.63) is 83.4 Å². The van der Waals surface area contributed by atoms with Gasteiger partial charge in [-0.1, -0.05) is 25.1 Å². The molecule has 0 bridgehead atoms. The third kappa shape index (κ3) is 4.25. The highest BCUT2D eigenvalue weighted by molar-refractivity contribution is 6.05. The van der Waals surface area contributed by atoms with Gasteiger partial charge in [-0.3, -0.25) is 14.8 Å². The average Bonchev–Trinajstić information content (AvgIpc) is 2.69. The van der Waals surface area contributed by atoms with Crippen LogP contribution in [-0.4, -0.2) is 15.9 Å². The summed E-state index contributed by atoms with van der Waals surface area (Å²) in [6.45, 7) is 4.72. The lowest BCUT2D eigenvalue weighted by Crippen LogP contribution is -2.15. The fourth-order valence-corrected chi connectivity index (χ4v) is 2.75. The highest BCUT2D eigenvalue weighted by Gasteiger charge is 2.11. The first kappa shape index (κ1) is 17.6. The Morgan fingerprint density at radius 2 is 1.88 bits per heavy atom. The van der Waals surface area contributed by atoms with E-state index in [0.29, 0.717) is 12.1 Å². The zero-order valence-corrected chi connectivity index (χ0v) is 15.0. The first-order chi connectivity index (χ1) is 12.7. The van der Waals surface area contributed by atoms with Crippen LogP contribution in [0.15, 0.2) is 61.2 Å². The summed E-state index contributed by atoms with van der Waals surface area (Å²) in [4.78, 5) is 20.9. The molecule has 3 aromatic rings. The van der Waals surface area contributed by atoms with E-state index in [1.807, 2.05) is 43.3 Å². The molecule has 0 aliphatic carbocycles. The number of hydrogen-bond donors (Lipinski definition) is 2. The molecule has 0 aliphatic rings. The molecule has 3 rings (SSSR count). The van der Waals surface area contributed by atoms with E-state index in [-0.39, 0.29) is 5.91 Å². The zero-order valence-electron chi connectivity index (χ0n) is 15.0. The van der Waals surface area contributed by atoms with Crippen molar-refractivity contribution in [1.29, 1.82) is 0 Å². The van der Waals surface area contributed by atoms with Crippen molar-refractivity contribution < 1.29 is 4.79 Å². The second-order valence-electron chi connectivity index (χ2n) is 6.09. The SMILES string of the molecule is CCc1cccc(C)c1NC(=O)c1cncc(NCc2ccncc2)c1. The molecule has 2 heterocycles. The van der Waals surface area contributed by atoms with Crippen molar-refractivity contribution in [3.63, 3.8) is 0 Å². The Labute approximate surface area is 153 Å². The van der Waals surface area contributed by atoms with Crippen LogP contribution in [0.3, 0.4) is 0 Å². The standard InChI is InChI=1S/C21H22N4O/c1-3-17-6-4-5-15(2)20(17)25-21(26)18-11-19(14-23-13-18)24-12-16-7-9-22-10-8-16/h4-11,13-14,24H,3,12H2,1-2H3,(H,25,26). The van der Waals surface area contributed by atoms with Gasteiger partial charge in [-0.25, -0.2) is 0 Å². The Balaban J connectivity index is 1.72. The number of amides is 1. The zero-order chi connectivity index (χ0) is 18.4. The Hall–Kier alpha value is -3.21. The van der Waals surface area contributed by atoms with Gasteiger partial charge >= 0.3 is 0 Å². The van der Waals surface area contributed by atoms with E-state index in [1.54, 1.807) is 24.8 Å². The van der Waals surface area contributed by atoms with E-state index in [2.05, 4.69) is 27.5 Å². The van der Waals surface area contributed by atoms with Crippen LogP contribution in [0.2, 0.25) is 0 Å². The van der Waals surface area contributed by atoms with Crippen LogP contribution in [0.4, 0.5) is 11.4 Å². The predicted molar refractivity (Wildman–Crippen MR) is 104 cm³/mol.